The van der Waals surface area contributed by atoms with Gasteiger partial charge in [-0.25, -0.2) is 0 Å². The van der Waals surface area contributed by atoms with Gasteiger partial charge in [-0.3, -0.25) is 9.59 Å². The molecule has 0 aliphatic heterocycles. The van der Waals surface area contributed by atoms with Gasteiger partial charge in [-0.15, -0.1) is 0 Å². The fraction of sp³-hybridized carbons (Fsp3) is 0.333. The van der Waals surface area contributed by atoms with Gasteiger partial charge in [0.15, 0.2) is 0 Å². The van der Waals surface area contributed by atoms with Gasteiger partial charge in [-0.05, 0) is 24.0 Å². The van der Waals surface area contributed by atoms with E-state index in [2.05, 4.69) is 10.6 Å². The second kappa shape index (κ2) is 11.8. The van der Waals surface area contributed by atoms with Gasteiger partial charge in [-0.1, -0.05) is 87.4 Å². The molecule has 0 bridgehead atoms. The normalized spacial score (nSPS) is 11.5. The Morgan fingerprint density at radius 2 is 1.00 bits per heavy atom. The average Bonchev–Trinajstić information content (AvgIpc) is 2.74. The molecule has 0 aliphatic carbocycles. The van der Waals surface area contributed by atoms with E-state index < -0.39 is 0 Å². The van der Waals surface area contributed by atoms with Crippen LogP contribution < -0.4 is 10.6 Å². The van der Waals surface area contributed by atoms with Gasteiger partial charge < -0.3 is 10.6 Å². The van der Waals surface area contributed by atoms with E-state index in [0.717, 1.165) is 24.0 Å². The summed E-state index contributed by atoms with van der Waals surface area (Å²) in [5.74, 6) is -0.298. The summed E-state index contributed by atoms with van der Waals surface area (Å²) in [6, 6.07) is 19.6. The number of rotatable bonds is 10. The Morgan fingerprint density at radius 1 is 0.643 bits per heavy atom. The van der Waals surface area contributed by atoms with Gasteiger partial charge in [-0.2, -0.15) is 0 Å². The lowest BCUT2D eigenvalue weighted by molar-refractivity contribution is -0.120. The van der Waals surface area contributed by atoms with Crippen LogP contribution in [0, 0.1) is 0 Å². The summed E-state index contributed by atoms with van der Waals surface area (Å²) in [4.78, 5) is 25.7. The second-order valence-corrected chi connectivity index (χ2v) is 6.79. The van der Waals surface area contributed by atoms with E-state index in [1.807, 2.05) is 74.5 Å². The lowest BCUT2D eigenvalue weighted by Gasteiger charge is -2.15. The average molecular weight is 379 g/mol. The molecule has 148 valence electrons. The third-order valence-corrected chi connectivity index (χ3v) is 4.50. The van der Waals surface area contributed by atoms with Crippen molar-refractivity contribution in [3.05, 3.63) is 82.9 Å². The van der Waals surface area contributed by atoms with Gasteiger partial charge in [0.1, 0.15) is 0 Å². The van der Waals surface area contributed by atoms with Crippen molar-refractivity contribution in [1.82, 2.24) is 10.6 Å². The predicted molar refractivity (Wildman–Crippen MR) is 113 cm³/mol. The van der Waals surface area contributed by atoms with Crippen LogP contribution in [0.5, 0.6) is 0 Å². The Hall–Kier alpha value is -2.88. The Labute approximate surface area is 168 Å². The van der Waals surface area contributed by atoms with Crippen molar-refractivity contribution in [2.75, 3.05) is 0 Å². The van der Waals surface area contributed by atoms with E-state index in [9.17, 15) is 9.59 Å². The molecule has 0 aliphatic rings. The highest BCUT2D eigenvalue weighted by molar-refractivity contribution is 6.04. The second-order valence-electron chi connectivity index (χ2n) is 6.79. The maximum absolute atomic E-state index is 12.9. The summed E-state index contributed by atoms with van der Waals surface area (Å²) in [5, 5.41) is 5.95. The molecule has 0 unspecified atom stereocenters. The number of carbonyl (C=O) groups is 2. The summed E-state index contributed by atoms with van der Waals surface area (Å²) in [6.07, 6.45) is 2.81. The molecular formula is C24H30N2O2. The molecule has 0 fully saturated rings. The Bertz CT molecular complexity index is 715. The summed E-state index contributed by atoms with van der Waals surface area (Å²) in [5.41, 5.74) is 3.28. The molecule has 2 amide bonds. The van der Waals surface area contributed by atoms with E-state index in [4.69, 9.17) is 0 Å². The molecule has 0 aromatic heterocycles. The van der Waals surface area contributed by atoms with E-state index in [1.54, 1.807) is 0 Å². The van der Waals surface area contributed by atoms with Crippen LogP contribution in [-0.2, 0) is 22.7 Å². The van der Waals surface area contributed by atoms with Crippen LogP contribution >= 0.6 is 0 Å². The molecule has 0 spiro atoms. The number of nitrogens with one attached hydrogen (secondary N) is 2. The van der Waals surface area contributed by atoms with Crippen LogP contribution in [0.2, 0.25) is 0 Å². The molecule has 0 saturated carbocycles. The van der Waals surface area contributed by atoms with Crippen LogP contribution in [0.3, 0.4) is 0 Å². The SMILES string of the molecule is CCC/C(C(=O)NCc1ccccc1)=C(\CCC)C(=O)NCc1ccccc1. The summed E-state index contributed by atoms with van der Waals surface area (Å²) >= 11 is 0. The zero-order chi connectivity index (χ0) is 20.2. The minimum Gasteiger partial charge on any atom is -0.348 e. The van der Waals surface area contributed by atoms with E-state index in [0.29, 0.717) is 37.1 Å². The first kappa shape index (κ1) is 21.4. The minimum absolute atomic E-state index is 0.149. The summed E-state index contributed by atoms with van der Waals surface area (Å²) < 4.78 is 0. The first-order valence-electron chi connectivity index (χ1n) is 10.0. The van der Waals surface area contributed by atoms with Gasteiger partial charge in [0.25, 0.3) is 0 Å². The topological polar surface area (TPSA) is 58.2 Å². The van der Waals surface area contributed by atoms with Crippen molar-refractivity contribution < 1.29 is 9.59 Å². The highest BCUT2D eigenvalue weighted by Crippen LogP contribution is 2.18. The summed E-state index contributed by atoms with van der Waals surface area (Å²) in [7, 11) is 0. The van der Waals surface area contributed by atoms with Crippen molar-refractivity contribution in [3.63, 3.8) is 0 Å². The van der Waals surface area contributed by atoms with Gasteiger partial charge in [0, 0.05) is 24.2 Å². The fourth-order valence-electron chi connectivity index (χ4n) is 3.07. The first-order chi connectivity index (χ1) is 13.7. The molecule has 0 atom stereocenters. The molecule has 2 rings (SSSR count). The fourth-order valence-corrected chi connectivity index (χ4v) is 3.07. The Kier molecular flexibility index (Phi) is 8.99. The number of amides is 2. The molecule has 4 nitrogen and oxygen atoms in total. The lowest BCUT2D eigenvalue weighted by Crippen LogP contribution is -2.30. The van der Waals surface area contributed by atoms with Crippen molar-refractivity contribution >= 4 is 11.8 Å². The molecule has 2 aromatic rings. The monoisotopic (exact) mass is 378 g/mol. The Morgan fingerprint density at radius 3 is 1.32 bits per heavy atom. The number of hydrogen-bond acceptors (Lipinski definition) is 2. The lowest BCUT2D eigenvalue weighted by atomic mass is 9.98. The van der Waals surface area contributed by atoms with Crippen LogP contribution in [0.15, 0.2) is 71.8 Å². The standard InChI is InChI=1S/C24H30N2O2/c1-3-11-21(23(27)25-17-19-13-7-5-8-14-19)22(12-4-2)24(28)26-18-20-15-9-6-10-16-20/h5-10,13-16H,3-4,11-12,17-18H2,1-2H3,(H,25,27)(H,26,28)/b22-21-. The zero-order valence-electron chi connectivity index (χ0n) is 16.8. The van der Waals surface area contributed by atoms with Crippen LogP contribution in [0.25, 0.3) is 0 Å². The Balaban J connectivity index is 2.13. The van der Waals surface area contributed by atoms with E-state index >= 15 is 0 Å². The summed E-state index contributed by atoms with van der Waals surface area (Å²) in [6.45, 7) is 4.96. The van der Waals surface area contributed by atoms with Crippen molar-refractivity contribution in [3.8, 4) is 0 Å². The minimum atomic E-state index is -0.149. The molecule has 28 heavy (non-hydrogen) atoms. The predicted octanol–water partition coefficient (Wildman–Crippen LogP) is 4.52. The van der Waals surface area contributed by atoms with E-state index in [1.165, 1.54) is 0 Å². The number of benzene rings is 2. The third-order valence-electron chi connectivity index (χ3n) is 4.50. The maximum Gasteiger partial charge on any atom is 0.247 e. The number of hydrogen-bond donors (Lipinski definition) is 2. The largest absolute Gasteiger partial charge is 0.348 e. The van der Waals surface area contributed by atoms with Crippen molar-refractivity contribution in [2.24, 2.45) is 0 Å². The van der Waals surface area contributed by atoms with Crippen LogP contribution in [-0.4, -0.2) is 11.8 Å². The first-order valence-corrected chi connectivity index (χ1v) is 10.0. The smallest absolute Gasteiger partial charge is 0.247 e. The molecule has 0 saturated heterocycles. The van der Waals surface area contributed by atoms with Gasteiger partial charge >= 0.3 is 0 Å². The quantitative estimate of drug-likeness (QED) is 0.597. The highest BCUT2D eigenvalue weighted by Gasteiger charge is 2.19. The van der Waals surface area contributed by atoms with Crippen molar-refractivity contribution in [1.29, 1.82) is 0 Å². The number of carbonyl (C=O) groups excluding carboxylic acids is 2. The van der Waals surface area contributed by atoms with E-state index in [-0.39, 0.29) is 11.8 Å². The highest BCUT2D eigenvalue weighted by atomic mass is 16.2. The molecule has 0 radical (unpaired) electrons. The molecule has 2 N–H and O–H groups in total. The van der Waals surface area contributed by atoms with Crippen LogP contribution in [0.4, 0.5) is 0 Å². The third kappa shape index (κ3) is 6.69. The van der Waals surface area contributed by atoms with Gasteiger partial charge in [0.05, 0.1) is 0 Å². The van der Waals surface area contributed by atoms with Crippen LogP contribution in [0.1, 0.15) is 50.7 Å². The molecule has 0 heterocycles. The molecule has 2 aromatic carbocycles. The maximum atomic E-state index is 12.9. The zero-order valence-corrected chi connectivity index (χ0v) is 16.8. The molecular weight excluding hydrogens is 348 g/mol. The van der Waals surface area contributed by atoms with Crippen molar-refractivity contribution in [2.45, 2.75) is 52.6 Å². The molecule has 4 heteroatoms. The van der Waals surface area contributed by atoms with Gasteiger partial charge in [0.2, 0.25) is 11.8 Å².